The van der Waals surface area contributed by atoms with Crippen LogP contribution in [-0.4, -0.2) is 63.5 Å². The molecule has 0 spiro atoms. The topological polar surface area (TPSA) is 156 Å². The monoisotopic (exact) mass is 521 g/mol. The Labute approximate surface area is 211 Å². The van der Waals surface area contributed by atoms with Crippen LogP contribution in [0.15, 0.2) is 36.5 Å². The number of rotatable bonds is 10. The maximum atomic E-state index is 13.2. The summed E-state index contributed by atoms with van der Waals surface area (Å²) in [5.74, 6) is -4.23. The van der Waals surface area contributed by atoms with Crippen LogP contribution in [0.2, 0.25) is 0 Å². The SMILES string of the molecule is CC(C)(C)OC(=O)c1nc(C[C@H](NC(=O)[C@H](Cc2ccccc2)CS(=O)(=O)C(C)(C)C)C(=O)O)c[nH]1. The van der Waals surface area contributed by atoms with E-state index in [2.05, 4.69) is 15.3 Å². The summed E-state index contributed by atoms with van der Waals surface area (Å²) in [5, 5.41) is 12.2. The van der Waals surface area contributed by atoms with Crippen molar-refractivity contribution in [2.75, 3.05) is 5.75 Å². The molecule has 0 aliphatic carbocycles. The van der Waals surface area contributed by atoms with Crippen molar-refractivity contribution in [3.05, 3.63) is 53.6 Å². The molecule has 2 atom stereocenters. The Morgan fingerprint density at radius 3 is 2.19 bits per heavy atom. The molecule has 0 saturated heterocycles. The van der Waals surface area contributed by atoms with E-state index in [0.717, 1.165) is 5.56 Å². The lowest BCUT2D eigenvalue weighted by Gasteiger charge is -2.25. The summed E-state index contributed by atoms with van der Waals surface area (Å²) in [5.41, 5.74) is 0.247. The molecule has 0 aliphatic rings. The molecule has 0 bridgehead atoms. The maximum absolute atomic E-state index is 13.2. The Morgan fingerprint density at radius 1 is 1.06 bits per heavy atom. The van der Waals surface area contributed by atoms with Crippen LogP contribution in [-0.2, 0) is 37.0 Å². The summed E-state index contributed by atoms with van der Waals surface area (Å²) in [6.45, 7) is 9.78. The van der Waals surface area contributed by atoms with Gasteiger partial charge in [-0.05, 0) is 53.5 Å². The molecule has 2 rings (SSSR count). The zero-order chi connectivity index (χ0) is 27.3. The number of H-pyrrole nitrogens is 1. The fraction of sp³-hybridized carbons (Fsp3) is 0.520. The molecule has 198 valence electrons. The summed E-state index contributed by atoms with van der Waals surface area (Å²) < 4.78 is 29.9. The normalized spacial score (nSPS) is 14.1. The van der Waals surface area contributed by atoms with Crippen molar-refractivity contribution in [3.8, 4) is 0 Å². The van der Waals surface area contributed by atoms with Crippen LogP contribution in [0.1, 0.15) is 63.4 Å². The van der Waals surface area contributed by atoms with E-state index in [-0.39, 0.29) is 24.4 Å². The van der Waals surface area contributed by atoms with E-state index in [9.17, 15) is 27.9 Å². The van der Waals surface area contributed by atoms with E-state index in [1.54, 1.807) is 71.9 Å². The Morgan fingerprint density at radius 2 is 1.67 bits per heavy atom. The molecule has 2 aromatic rings. The first-order valence-electron chi connectivity index (χ1n) is 11.6. The number of esters is 1. The molecule has 0 aliphatic heterocycles. The number of hydrogen-bond donors (Lipinski definition) is 3. The van der Waals surface area contributed by atoms with Gasteiger partial charge in [0.2, 0.25) is 11.7 Å². The smallest absolute Gasteiger partial charge is 0.374 e. The van der Waals surface area contributed by atoms with E-state index in [0.29, 0.717) is 0 Å². The van der Waals surface area contributed by atoms with Gasteiger partial charge in [-0.25, -0.2) is 23.0 Å². The second kappa shape index (κ2) is 11.2. The third kappa shape index (κ3) is 8.47. The number of carbonyl (C=O) groups is 3. The molecule has 0 unspecified atom stereocenters. The van der Waals surface area contributed by atoms with Crippen molar-refractivity contribution in [1.29, 1.82) is 0 Å². The third-order valence-corrected chi connectivity index (χ3v) is 8.01. The van der Waals surface area contributed by atoms with Gasteiger partial charge in [0.25, 0.3) is 0 Å². The highest BCUT2D eigenvalue weighted by Gasteiger charge is 2.36. The number of imidazole rings is 1. The molecule has 11 heteroatoms. The second-order valence-corrected chi connectivity index (χ2v) is 13.4. The number of carbonyl (C=O) groups excluding carboxylic acids is 2. The standard InChI is InChI=1S/C25H35N3O7S/c1-24(2,3)35-23(32)20-26-14-18(27-20)13-19(22(30)31)28-21(29)17(12-16-10-8-7-9-11-16)15-36(33,34)25(4,5)6/h7-11,14,17,19H,12-13,15H2,1-6H3,(H,26,27)(H,28,29)(H,30,31)/t17-,19+/m1/s1. The lowest BCUT2D eigenvalue weighted by Crippen LogP contribution is -2.47. The molecule has 10 nitrogen and oxygen atoms in total. The van der Waals surface area contributed by atoms with Crippen molar-refractivity contribution < 1.29 is 32.6 Å². The van der Waals surface area contributed by atoms with Gasteiger partial charge in [0.05, 0.1) is 22.1 Å². The lowest BCUT2D eigenvalue weighted by molar-refractivity contribution is -0.142. The van der Waals surface area contributed by atoms with Crippen LogP contribution < -0.4 is 5.32 Å². The van der Waals surface area contributed by atoms with Gasteiger partial charge in [0.1, 0.15) is 11.6 Å². The predicted octanol–water partition coefficient (Wildman–Crippen LogP) is 2.55. The van der Waals surface area contributed by atoms with E-state index in [1.807, 2.05) is 0 Å². The average Bonchev–Trinajstić information content (AvgIpc) is 3.20. The molecular weight excluding hydrogens is 486 g/mol. The fourth-order valence-electron chi connectivity index (χ4n) is 3.23. The molecule has 1 heterocycles. The van der Waals surface area contributed by atoms with Crippen molar-refractivity contribution >= 4 is 27.7 Å². The average molecular weight is 522 g/mol. The van der Waals surface area contributed by atoms with Crippen LogP contribution in [0.5, 0.6) is 0 Å². The summed E-state index contributed by atoms with van der Waals surface area (Å²) in [7, 11) is -3.68. The number of carboxylic acids is 1. The number of amides is 1. The Balaban J connectivity index is 2.22. The van der Waals surface area contributed by atoms with E-state index >= 15 is 0 Å². The molecule has 1 aromatic carbocycles. The predicted molar refractivity (Wildman–Crippen MR) is 134 cm³/mol. The van der Waals surface area contributed by atoms with Gasteiger partial charge < -0.3 is 20.1 Å². The third-order valence-electron chi connectivity index (χ3n) is 5.30. The summed E-state index contributed by atoms with van der Waals surface area (Å²) in [6, 6.07) is 7.54. The molecule has 1 aromatic heterocycles. The summed E-state index contributed by atoms with van der Waals surface area (Å²) in [6.07, 6.45) is 1.27. The van der Waals surface area contributed by atoms with Gasteiger partial charge in [0, 0.05) is 12.6 Å². The number of aliphatic carboxylic acids is 1. The molecule has 0 fully saturated rings. The van der Waals surface area contributed by atoms with Crippen LogP contribution in [0, 0.1) is 5.92 Å². The number of ether oxygens (including phenoxy) is 1. The number of hydrogen-bond acceptors (Lipinski definition) is 7. The molecular formula is C25H35N3O7S. The zero-order valence-electron chi connectivity index (χ0n) is 21.5. The number of aromatic amines is 1. The molecule has 0 saturated carbocycles. The summed E-state index contributed by atoms with van der Waals surface area (Å²) in [4.78, 5) is 44.1. The van der Waals surface area contributed by atoms with Crippen LogP contribution in [0.3, 0.4) is 0 Å². The quantitative estimate of drug-likeness (QED) is 0.403. The van der Waals surface area contributed by atoms with Gasteiger partial charge in [-0.3, -0.25) is 4.79 Å². The minimum absolute atomic E-state index is 0.0892. The first-order chi connectivity index (χ1) is 16.5. The maximum Gasteiger partial charge on any atom is 0.374 e. The highest BCUT2D eigenvalue weighted by atomic mass is 32.2. The van der Waals surface area contributed by atoms with E-state index in [4.69, 9.17) is 4.74 Å². The Kier molecular flexibility index (Phi) is 9.06. The van der Waals surface area contributed by atoms with Crippen LogP contribution in [0.25, 0.3) is 0 Å². The number of sulfone groups is 1. The molecule has 36 heavy (non-hydrogen) atoms. The number of carboxylic acid groups (broad SMARTS) is 1. The minimum Gasteiger partial charge on any atom is -0.480 e. The minimum atomic E-state index is -3.68. The lowest BCUT2D eigenvalue weighted by atomic mass is 9.99. The van der Waals surface area contributed by atoms with Gasteiger partial charge in [-0.15, -0.1) is 0 Å². The first kappa shape index (κ1) is 29.0. The van der Waals surface area contributed by atoms with Crippen molar-refractivity contribution in [2.45, 2.75) is 70.8 Å². The van der Waals surface area contributed by atoms with Crippen LogP contribution >= 0.6 is 0 Å². The van der Waals surface area contributed by atoms with Crippen molar-refractivity contribution in [1.82, 2.24) is 15.3 Å². The molecule has 1 amide bonds. The van der Waals surface area contributed by atoms with Gasteiger partial charge in [-0.2, -0.15) is 0 Å². The summed E-state index contributed by atoms with van der Waals surface area (Å²) >= 11 is 0. The van der Waals surface area contributed by atoms with Gasteiger partial charge >= 0.3 is 11.9 Å². The van der Waals surface area contributed by atoms with E-state index < -0.39 is 55.7 Å². The molecule has 0 radical (unpaired) electrons. The number of aromatic nitrogens is 2. The molecule has 3 N–H and O–H groups in total. The first-order valence-corrected chi connectivity index (χ1v) is 13.2. The van der Waals surface area contributed by atoms with Crippen molar-refractivity contribution in [2.24, 2.45) is 5.92 Å². The van der Waals surface area contributed by atoms with E-state index in [1.165, 1.54) is 6.20 Å². The highest BCUT2D eigenvalue weighted by molar-refractivity contribution is 7.92. The van der Waals surface area contributed by atoms with Gasteiger partial charge in [-0.1, -0.05) is 30.3 Å². The Hall–Kier alpha value is -3.21. The Bertz CT molecular complexity index is 1180. The number of benzene rings is 1. The number of nitrogens with one attached hydrogen (secondary N) is 2. The van der Waals surface area contributed by atoms with Crippen LogP contribution in [0.4, 0.5) is 0 Å². The fourth-order valence-corrected chi connectivity index (χ4v) is 4.53. The number of nitrogens with zero attached hydrogens (tertiary/aromatic N) is 1. The van der Waals surface area contributed by atoms with Gasteiger partial charge in [0.15, 0.2) is 9.84 Å². The zero-order valence-corrected chi connectivity index (χ0v) is 22.3. The largest absolute Gasteiger partial charge is 0.480 e. The van der Waals surface area contributed by atoms with Crippen molar-refractivity contribution in [3.63, 3.8) is 0 Å². The highest BCUT2D eigenvalue weighted by Crippen LogP contribution is 2.21. The second-order valence-electron chi connectivity index (χ2n) is 10.6.